The van der Waals surface area contributed by atoms with Crippen molar-refractivity contribution in [3.8, 4) is 0 Å². The van der Waals surface area contributed by atoms with E-state index in [1.54, 1.807) is 29.2 Å². The molecule has 1 aromatic heterocycles. The van der Waals surface area contributed by atoms with Crippen LogP contribution in [0.2, 0.25) is 0 Å². The highest BCUT2D eigenvalue weighted by molar-refractivity contribution is 7.91. The van der Waals surface area contributed by atoms with Gasteiger partial charge in [0.15, 0.2) is 15.0 Å². The highest BCUT2D eigenvalue weighted by Gasteiger charge is 2.23. The summed E-state index contributed by atoms with van der Waals surface area (Å²) in [5.74, 6) is -0.151. The standard InChI is InChI=1S/C20H23N3O3S2/c1-14-8-10-15(11-9-14)19(24)23(13-12-22(2)3)20-21-18-16(27-20)6-5-7-17(18)28(4,25)26/h5-11H,12-13H2,1-4H3. The second-order valence-corrected chi connectivity index (χ2v) is 9.99. The molecular weight excluding hydrogens is 394 g/mol. The lowest BCUT2D eigenvalue weighted by molar-refractivity contribution is 0.0985. The number of amides is 1. The van der Waals surface area contributed by atoms with Gasteiger partial charge < -0.3 is 4.90 Å². The van der Waals surface area contributed by atoms with Gasteiger partial charge in [-0.3, -0.25) is 9.69 Å². The Hall–Kier alpha value is -2.29. The molecule has 0 bridgehead atoms. The van der Waals surface area contributed by atoms with E-state index in [0.29, 0.717) is 29.3 Å². The van der Waals surface area contributed by atoms with Crippen LogP contribution in [0, 0.1) is 6.92 Å². The predicted octanol–water partition coefficient (Wildman–Crippen LogP) is 3.22. The van der Waals surface area contributed by atoms with Gasteiger partial charge in [0.05, 0.1) is 9.60 Å². The van der Waals surface area contributed by atoms with Crippen LogP contribution in [0.15, 0.2) is 47.4 Å². The molecule has 0 saturated heterocycles. The average Bonchev–Trinajstić information content (AvgIpc) is 3.04. The molecule has 3 rings (SSSR count). The molecule has 0 spiro atoms. The van der Waals surface area contributed by atoms with Crippen molar-refractivity contribution >= 4 is 42.4 Å². The van der Waals surface area contributed by atoms with E-state index in [9.17, 15) is 13.2 Å². The van der Waals surface area contributed by atoms with Crippen LogP contribution < -0.4 is 4.90 Å². The molecule has 2 aromatic carbocycles. The van der Waals surface area contributed by atoms with E-state index in [0.717, 1.165) is 10.3 Å². The molecule has 0 saturated carbocycles. The number of para-hydroxylation sites is 1. The van der Waals surface area contributed by atoms with Gasteiger partial charge in [0.1, 0.15) is 5.52 Å². The number of rotatable bonds is 6. The molecule has 0 aliphatic rings. The average molecular weight is 418 g/mol. The summed E-state index contributed by atoms with van der Waals surface area (Å²) in [6.45, 7) is 3.08. The van der Waals surface area contributed by atoms with Crippen LogP contribution in [-0.4, -0.2) is 57.6 Å². The summed E-state index contributed by atoms with van der Waals surface area (Å²) < 4.78 is 25.0. The second kappa shape index (κ2) is 7.98. The first kappa shape index (κ1) is 20.4. The quantitative estimate of drug-likeness (QED) is 0.616. The summed E-state index contributed by atoms with van der Waals surface area (Å²) in [5.41, 5.74) is 2.07. The Balaban J connectivity index is 2.07. The number of hydrogen-bond donors (Lipinski definition) is 0. The zero-order valence-electron chi connectivity index (χ0n) is 16.3. The predicted molar refractivity (Wildman–Crippen MR) is 114 cm³/mol. The zero-order chi connectivity index (χ0) is 20.5. The first-order valence-electron chi connectivity index (χ1n) is 8.79. The molecule has 0 aliphatic heterocycles. The Morgan fingerprint density at radius 1 is 1.07 bits per heavy atom. The van der Waals surface area contributed by atoms with Gasteiger partial charge in [-0.25, -0.2) is 13.4 Å². The van der Waals surface area contributed by atoms with Gasteiger partial charge in [-0.05, 0) is 45.3 Å². The van der Waals surface area contributed by atoms with Crippen molar-refractivity contribution in [1.29, 1.82) is 0 Å². The van der Waals surface area contributed by atoms with Crippen LogP contribution in [0.1, 0.15) is 15.9 Å². The monoisotopic (exact) mass is 417 g/mol. The molecule has 8 heteroatoms. The van der Waals surface area contributed by atoms with E-state index in [1.807, 2.05) is 44.1 Å². The molecule has 0 fully saturated rings. The minimum atomic E-state index is -3.41. The number of hydrogen-bond acceptors (Lipinski definition) is 6. The third-order valence-corrected chi connectivity index (χ3v) is 6.49. The van der Waals surface area contributed by atoms with Crippen molar-refractivity contribution in [2.75, 3.05) is 38.3 Å². The Morgan fingerprint density at radius 2 is 1.75 bits per heavy atom. The number of anilines is 1. The molecule has 28 heavy (non-hydrogen) atoms. The molecule has 148 valence electrons. The fourth-order valence-corrected chi connectivity index (χ4v) is 4.68. The second-order valence-electron chi connectivity index (χ2n) is 7.00. The summed E-state index contributed by atoms with van der Waals surface area (Å²) in [7, 11) is 0.466. The minimum absolute atomic E-state index is 0.151. The Bertz CT molecular complexity index is 1100. The smallest absolute Gasteiger partial charge is 0.260 e. The molecule has 0 atom stereocenters. The zero-order valence-corrected chi connectivity index (χ0v) is 18.0. The number of benzene rings is 2. The molecule has 0 unspecified atom stereocenters. The summed E-state index contributed by atoms with van der Waals surface area (Å²) >= 11 is 1.32. The van der Waals surface area contributed by atoms with Crippen molar-refractivity contribution in [2.24, 2.45) is 0 Å². The van der Waals surface area contributed by atoms with E-state index < -0.39 is 9.84 Å². The van der Waals surface area contributed by atoms with Gasteiger partial charge >= 0.3 is 0 Å². The Labute approximate surface area is 169 Å². The fraction of sp³-hybridized carbons (Fsp3) is 0.300. The number of aryl methyl sites for hydroxylation is 1. The molecule has 3 aromatic rings. The number of carbonyl (C=O) groups excluding carboxylic acids is 1. The van der Waals surface area contributed by atoms with Crippen molar-refractivity contribution in [2.45, 2.75) is 11.8 Å². The first-order chi connectivity index (χ1) is 13.2. The maximum atomic E-state index is 13.2. The van der Waals surface area contributed by atoms with Gasteiger partial charge in [0.2, 0.25) is 0 Å². The normalized spacial score (nSPS) is 11.9. The largest absolute Gasteiger partial charge is 0.308 e. The van der Waals surface area contributed by atoms with E-state index in [1.165, 1.54) is 17.6 Å². The van der Waals surface area contributed by atoms with Gasteiger partial charge in [-0.15, -0.1) is 0 Å². The van der Waals surface area contributed by atoms with Crippen molar-refractivity contribution in [3.05, 3.63) is 53.6 Å². The maximum absolute atomic E-state index is 13.2. The summed E-state index contributed by atoms with van der Waals surface area (Å²) in [6, 6.07) is 12.5. The van der Waals surface area contributed by atoms with Crippen LogP contribution in [0.3, 0.4) is 0 Å². The molecule has 6 nitrogen and oxygen atoms in total. The first-order valence-corrected chi connectivity index (χ1v) is 11.5. The Morgan fingerprint density at radius 3 is 2.36 bits per heavy atom. The number of likely N-dealkylation sites (N-methyl/N-ethyl adjacent to an activating group) is 1. The lowest BCUT2D eigenvalue weighted by Gasteiger charge is -2.22. The summed E-state index contributed by atoms with van der Waals surface area (Å²) in [4.78, 5) is 21.5. The van der Waals surface area contributed by atoms with Crippen molar-refractivity contribution in [1.82, 2.24) is 9.88 Å². The number of sulfone groups is 1. The SMILES string of the molecule is Cc1ccc(C(=O)N(CCN(C)C)c2nc3c(S(C)(=O)=O)cccc3s2)cc1. The third-order valence-electron chi connectivity index (χ3n) is 4.32. The molecule has 1 heterocycles. The van der Waals surface area contributed by atoms with Gasteiger partial charge in [0.25, 0.3) is 5.91 Å². The van der Waals surface area contributed by atoms with E-state index in [2.05, 4.69) is 4.98 Å². The molecular formula is C20H23N3O3S2. The summed E-state index contributed by atoms with van der Waals surface area (Å²) in [6.07, 6.45) is 1.17. The number of aromatic nitrogens is 1. The van der Waals surface area contributed by atoms with E-state index in [-0.39, 0.29) is 10.8 Å². The van der Waals surface area contributed by atoms with Crippen molar-refractivity contribution in [3.63, 3.8) is 0 Å². The van der Waals surface area contributed by atoms with Crippen LogP contribution in [0.5, 0.6) is 0 Å². The highest BCUT2D eigenvalue weighted by Crippen LogP contribution is 2.33. The maximum Gasteiger partial charge on any atom is 0.260 e. The molecule has 1 amide bonds. The number of carbonyl (C=O) groups is 1. The topological polar surface area (TPSA) is 70.6 Å². The van der Waals surface area contributed by atoms with E-state index in [4.69, 9.17) is 0 Å². The lowest BCUT2D eigenvalue weighted by Crippen LogP contribution is -2.36. The molecule has 0 aliphatic carbocycles. The van der Waals surface area contributed by atoms with Crippen molar-refractivity contribution < 1.29 is 13.2 Å². The van der Waals surface area contributed by atoms with Gasteiger partial charge in [-0.1, -0.05) is 35.1 Å². The van der Waals surface area contributed by atoms with Crippen LogP contribution in [0.4, 0.5) is 5.13 Å². The Kier molecular flexibility index (Phi) is 5.83. The third kappa shape index (κ3) is 4.40. The molecule has 0 N–H and O–H groups in total. The fourth-order valence-electron chi connectivity index (χ4n) is 2.76. The van der Waals surface area contributed by atoms with Gasteiger partial charge in [-0.2, -0.15) is 0 Å². The number of thiazole rings is 1. The van der Waals surface area contributed by atoms with Crippen LogP contribution in [-0.2, 0) is 9.84 Å². The lowest BCUT2D eigenvalue weighted by atomic mass is 10.1. The van der Waals surface area contributed by atoms with Crippen LogP contribution in [0.25, 0.3) is 10.2 Å². The van der Waals surface area contributed by atoms with Crippen LogP contribution >= 0.6 is 11.3 Å². The number of fused-ring (bicyclic) bond motifs is 1. The molecule has 0 radical (unpaired) electrons. The number of nitrogens with zero attached hydrogens (tertiary/aromatic N) is 3. The minimum Gasteiger partial charge on any atom is -0.308 e. The highest BCUT2D eigenvalue weighted by atomic mass is 32.2. The van der Waals surface area contributed by atoms with Gasteiger partial charge in [0, 0.05) is 24.9 Å². The summed E-state index contributed by atoms with van der Waals surface area (Å²) in [5, 5.41) is 0.499. The van der Waals surface area contributed by atoms with E-state index >= 15 is 0 Å².